The van der Waals surface area contributed by atoms with Crippen molar-refractivity contribution in [2.75, 3.05) is 13.1 Å². The van der Waals surface area contributed by atoms with Crippen LogP contribution in [0.15, 0.2) is 30.3 Å². The van der Waals surface area contributed by atoms with E-state index in [0.29, 0.717) is 25.4 Å². The van der Waals surface area contributed by atoms with Crippen LogP contribution in [-0.2, 0) is 25.9 Å². The summed E-state index contributed by atoms with van der Waals surface area (Å²) >= 11 is 0. The summed E-state index contributed by atoms with van der Waals surface area (Å²) in [5.74, 6) is 0.146. The Morgan fingerprint density at radius 2 is 1.70 bits per heavy atom. The van der Waals surface area contributed by atoms with Crippen molar-refractivity contribution in [3.8, 4) is 17.2 Å². The molecule has 0 unspecified atom stereocenters. The lowest BCUT2D eigenvalue weighted by molar-refractivity contribution is 0.241. The highest BCUT2D eigenvalue weighted by atomic mass is 16.3. The number of phenolic OH excluding ortho intramolecular Hbond substituents is 3. The minimum absolute atomic E-state index is 0.0654. The third-order valence-corrected chi connectivity index (χ3v) is 4.36. The minimum atomic E-state index is -0.0848. The molecule has 2 aromatic carbocycles. The largest absolute Gasteiger partial charge is 0.508 e. The summed E-state index contributed by atoms with van der Waals surface area (Å²) in [6, 6.07) is 8.90. The van der Waals surface area contributed by atoms with E-state index in [4.69, 9.17) is 5.73 Å². The third-order valence-electron chi connectivity index (χ3n) is 4.36. The molecule has 0 fully saturated rings. The van der Waals surface area contributed by atoms with Crippen LogP contribution in [0.5, 0.6) is 17.2 Å². The van der Waals surface area contributed by atoms with Gasteiger partial charge in [0.05, 0.1) is 0 Å². The maximum Gasteiger partial charge on any atom is 0.157 e. The van der Waals surface area contributed by atoms with Crippen LogP contribution >= 0.6 is 0 Å². The monoisotopic (exact) mass is 314 g/mol. The van der Waals surface area contributed by atoms with Crippen LogP contribution < -0.4 is 5.73 Å². The Kier molecular flexibility index (Phi) is 4.41. The topological polar surface area (TPSA) is 90.0 Å². The summed E-state index contributed by atoms with van der Waals surface area (Å²) in [5, 5.41) is 29.3. The van der Waals surface area contributed by atoms with Crippen molar-refractivity contribution in [1.82, 2.24) is 4.90 Å². The van der Waals surface area contributed by atoms with Gasteiger partial charge >= 0.3 is 0 Å². The highest BCUT2D eigenvalue weighted by Gasteiger charge is 2.19. The first-order valence-electron chi connectivity index (χ1n) is 7.83. The molecule has 0 aromatic heterocycles. The molecule has 0 spiro atoms. The fourth-order valence-electron chi connectivity index (χ4n) is 3.11. The highest BCUT2D eigenvalue weighted by molar-refractivity contribution is 5.46. The lowest BCUT2D eigenvalue weighted by Crippen LogP contribution is -2.30. The quantitative estimate of drug-likeness (QED) is 0.647. The fourth-order valence-corrected chi connectivity index (χ4v) is 3.11. The Hall–Kier alpha value is -2.24. The predicted molar refractivity (Wildman–Crippen MR) is 88.5 cm³/mol. The average Bonchev–Trinajstić information content (AvgIpc) is 2.52. The van der Waals surface area contributed by atoms with Crippen molar-refractivity contribution in [2.45, 2.75) is 25.9 Å². The third kappa shape index (κ3) is 3.41. The summed E-state index contributed by atoms with van der Waals surface area (Å²) in [6.45, 7) is 2.76. The molecule has 2 aromatic rings. The van der Waals surface area contributed by atoms with Gasteiger partial charge in [-0.25, -0.2) is 0 Å². The van der Waals surface area contributed by atoms with E-state index in [2.05, 4.69) is 4.90 Å². The second-order valence-corrected chi connectivity index (χ2v) is 6.07. The molecule has 0 atom stereocenters. The van der Waals surface area contributed by atoms with E-state index >= 15 is 0 Å². The maximum absolute atomic E-state index is 10.1. The SMILES string of the molecule is NCCc1ccc(O)c(CN2CCc3cc(O)c(O)cc3C2)c1. The molecule has 0 radical (unpaired) electrons. The van der Waals surface area contributed by atoms with Gasteiger partial charge in [-0.15, -0.1) is 0 Å². The molecular weight excluding hydrogens is 292 g/mol. The van der Waals surface area contributed by atoms with Gasteiger partial charge < -0.3 is 21.1 Å². The Bertz CT molecular complexity index is 716. The van der Waals surface area contributed by atoms with Crippen LogP contribution in [0.4, 0.5) is 0 Å². The summed E-state index contributed by atoms with van der Waals surface area (Å²) in [6.07, 6.45) is 1.61. The van der Waals surface area contributed by atoms with Crippen molar-refractivity contribution in [2.24, 2.45) is 5.73 Å². The summed E-state index contributed by atoms with van der Waals surface area (Å²) in [7, 11) is 0. The van der Waals surface area contributed by atoms with Gasteiger partial charge in [-0.05, 0) is 54.3 Å². The number of aromatic hydroxyl groups is 3. The van der Waals surface area contributed by atoms with Crippen LogP contribution in [0.1, 0.15) is 22.3 Å². The van der Waals surface area contributed by atoms with Gasteiger partial charge in [0.1, 0.15) is 5.75 Å². The first-order chi connectivity index (χ1) is 11.1. The molecule has 5 nitrogen and oxygen atoms in total. The highest BCUT2D eigenvalue weighted by Crippen LogP contribution is 2.32. The van der Waals surface area contributed by atoms with Crippen LogP contribution in [-0.4, -0.2) is 33.3 Å². The van der Waals surface area contributed by atoms with E-state index in [-0.39, 0.29) is 11.5 Å². The Labute approximate surface area is 135 Å². The molecular formula is C18H22N2O3. The molecule has 0 aliphatic carbocycles. The van der Waals surface area contributed by atoms with Crippen molar-refractivity contribution < 1.29 is 15.3 Å². The smallest absolute Gasteiger partial charge is 0.157 e. The fraction of sp³-hybridized carbons (Fsp3) is 0.333. The van der Waals surface area contributed by atoms with Crippen LogP contribution in [0.3, 0.4) is 0 Å². The van der Waals surface area contributed by atoms with Gasteiger partial charge in [-0.1, -0.05) is 12.1 Å². The van der Waals surface area contributed by atoms with E-state index < -0.39 is 0 Å². The normalized spacial score (nSPS) is 14.7. The lowest BCUT2D eigenvalue weighted by Gasteiger charge is -2.29. The summed E-state index contributed by atoms with van der Waals surface area (Å²) in [4.78, 5) is 2.22. The first kappa shape index (κ1) is 15.6. The van der Waals surface area contributed by atoms with E-state index in [9.17, 15) is 15.3 Å². The predicted octanol–water partition coefficient (Wildman–Crippen LogP) is 1.86. The standard InChI is InChI=1S/C18H22N2O3/c19-5-3-12-1-2-16(21)15(7-12)11-20-6-4-13-8-17(22)18(23)9-14(13)10-20/h1-2,7-9,21-23H,3-6,10-11,19H2. The van der Waals surface area contributed by atoms with Crippen LogP contribution in [0.25, 0.3) is 0 Å². The number of nitrogens with two attached hydrogens (primary N) is 1. The molecule has 5 heteroatoms. The summed E-state index contributed by atoms with van der Waals surface area (Å²) in [5.41, 5.74) is 9.70. The summed E-state index contributed by atoms with van der Waals surface area (Å²) < 4.78 is 0. The molecule has 1 heterocycles. The molecule has 0 saturated carbocycles. The van der Waals surface area contributed by atoms with E-state index in [1.54, 1.807) is 18.2 Å². The van der Waals surface area contributed by atoms with Gasteiger partial charge in [0, 0.05) is 25.2 Å². The van der Waals surface area contributed by atoms with Crippen molar-refractivity contribution in [3.63, 3.8) is 0 Å². The van der Waals surface area contributed by atoms with Crippen molar-refractivity contribution >= 4 is 0 Å². The number of nitrogens with zero attached hydrogens (tertiary/aromatic N) is 1. The Morgan fingerprint density at radius 1 is 0.957 bits per heavy atom. The Morgan fingerprint density at radius 3 is 2.43 bits per heavy atom. The van der Waals surface area contributed by atoms with Gasteiger partial charge in [-0.2, -0.15) is 0 Å². The van der Waals surface area contributed by atoms with Crippen LogP contribution in [0, 0.1) is 0 Å². The second kappa shape index (κ2) is 6.48. The minimum Gasteiger partial charge on any atom is -0.508 e. The molecule has 122 valence electrons. The van der Waals surface area contributed by atoms with Gasteiger partial charge in [-0.3, -0.25) is 4.90 Å². The lowest BCUT2D eigenvalue weighted by atomic mass is 9.98. The molecule has 0 bridgehead atoms. The van der Waals surface area contributed by atoms with Crippen LogP contribution in [0.2, 0.25) is 0 Å². The molecule has 5 N–H and O–H groups in total. The number of rotatable bonds is 4. The molecule has 0 saturated heterocycles. The maximum atomic E-state index is 10.1. The van der Waals surface area contributed by atoms with E-state index in [0.717, 1.165) is 41.6 Å². The molecule has 0 amide bonds. The first-order valence-corrected chi connectivity index (χ1v) is 7.83. The molecule has 1 aliphatic heterocycles. The number of fused-ring (bicyclic) bond motifs is 1. The van der Waals surface area contributed by atoms with E-state index in [1.807, 2.05) is 12.1 Å². The number of hydrogen-bond donors (Lipinski definition) is 4. The van der Waals surface area contributed by atoms with Crippen molar-refractivity contribution in [1.29, 1.82) is 0 Å². The average molecular weight is 314 g/mol. The molecule has 3 rings (SSSR count). The second-order valence-electron chi connectivity index (χ2n) is 6.07. The zero-order valence-corrected chi connectivity index (χ0v) is 13.0. The molecule has 23 heavy (non-hydrogen) atoms. The zero-order chi connectivity index (χ0) is 16.4. The number of hydrogen-bond acceptors (Lipinski definition) is 5. The number of phenols is 3. The van der Waals surface area contributed by atoms with Gasteiger partial charge in [0.15, 0.2) is 11.5 Å². The number of benzene rings is 2. The van der Waals surface area contributed by atoms with Gasteiger partial charge in [0.25, 0.3) is 0 Å². The van der Waals surface area contributed by atoms with Gasteiger partial charge in [0.2, 0.25) is 0 Å². The Balaban J connectivity index is 1.77. The van der Waals surface area contributed by atoms with Crippen molar-refractivity contribution in [3.05, 3.63) is 52.6 Å². The van der Waals surface area contributed by atoms with E-state index in [1.165, 1.54) is 0 Å². The zero-order valence-electron chi connectivity index (χ0n) is 13.0. The molecule has 1 aliphatic rings.